The largest absolute Gasteiger partial charge is 0.445 e. The average molecular weight is 389 g/mol. The number of aliphatic hydroxyl groups excluding tert-OH is 1. The molecule has 3 nitrogen and oxygen atoms in total. The minimum Gasteiger partial charge on any atom is -0.445 e. The standard InChI is InChI=1S/C25H40O3/c1-4-6-7-8-9-10-11-12-13-14-15-16-17-20-24(27)21-18-19-22-25(5-2)28-23(3)26/h5,24-25,27H,2,4,6-17,20H2,1,3H3/t24-,25+/m1/s1. The van der Waals surface area contributed by atoms with E-state index in [1.165, 1.54) is 83.6 Å². The van der Waals surface area contributed by atoms with E-state index in [2.05, 4.69) is 37.2 Å². The van der Waals surface area contributed by atoms with Gasteiger partial charge in [0, 0.05) is 6.92 Å². The summed E-state index contributed by atoms with van der Waals surface area (Å²) in [5, 5.41) is 9.85. The molecular formula is C25H40O3. The summed E-state index contributed by atoms with van der Waals surface area (Å²) in [6.07, 6.45) is 17.9. The molecular weight excluding hydrogens is 348 g/mol. The van der Waals surface area contributed by atoms with Gasteiger partial charge in [-0.25, -0.2) is 0 Å². The van der Waals surface area contributed by atoms with Gasteiger partial charge in [-0.3, -0.25) is 4.79 Å². The zero-order valence-electron chi connectivity index (χ0n) is 18.1. The van der Waals surface area contributed by atoms with Gasteiger partial charge in [0.15, 0.2) is 6.10 Å². The van der Waals surface area contributed by atoms with E-state index < -0.39 is 18.2 Å². The van der Waals surface area contributed by atoms with Gasteiger partial charge in [-0.15, -0.1) is 0 Å². The number of unbranched alkanes of at least 4 members (excludes halogenated alkanes) is 12. The number of carbonyl (C=O) groups excluding carboxylic acids is 1. The molecule has 0 aliphatic rings. The van der Waals surface area contributed by atoms with Crippen LogP contribution in [0.1, 0.15) is 104 Å². The Balaban J connectivity index is 3.57. The summed E-state index contributed by atoms with van der Waals surface area (Å²) in [5.74, 6) is 10.2. The van der Waals surface area contributed by atoms with E-state index in [0.29, 0.717) is 6.42 Å². The summed E-state index contributed by atoms with van der Waals surface area (Å²) in [5.41, 5.74) is 0. The van der Waals surface area contributed by atoms with Crippen LogP contribution < -0.4 is 0 Å². The van der Waals surface area contributed by atoms with Gasteiger partial charge >= 0.3 is 5.97 Å². The zero-order valence-corrected chi connectivity index (χ0v) is 18.1. The molecule has 0 radical (unpaired) electrons. The van der Waals surface area contributed by atoms with Crippen LogP contribution in [0.15, 0.2) is 12.7 Å². The van der Waals surface area contributed by atoms with Gasteiger partial charge in [0.2, 0.25) is 0 Å². The Hall–Kier alpha value is -1.71. The van der Waals surface area contributed by atoms with Crippen LogP contribution in [0, 0.1) is 23.7 Å². The van der Waals surface area contributed by atoms with E-state index in [9.17, 15) is 9.90 Å². The number of ether oxygens (including phenoxy) is 1. The van der Waals surface area contributed by atoms with E-state index >= 15 is 0 Å². The number of aliphatic hydroxyl groups is 1. The van der Waals surface area contributed by atoms with Crippen molar-refractivity contribution in [1.82, 2.24) is 0 Å². The summed E-state index contributed by atoms with van der Waals surface area (Å²) in [6, 6.07) is 0. The minimum atomic E-state index is -0.648. The number of rotatable bonds is 16. The molecule has 0 aliphatic heterocycles. The summed E-state index contributed by atoms with van der Waals surface area (Å²) >= 11 is 0. The third-order valence-corrected chi connectivity index (χ3v) is 4.60. The Bertz CT molecular complexity index is 515. The third kappa shape index (κ3) is 19.1. The van der Waals surface area contributed by atoms with Crippen LogP contribution in [0.2, 0.25) is 0 Å². The molecule has 0 spiro atoms. The molecule has 3 heteroatoms. The Morgan fingerprint density at radius 2 is 1.36 bits per heavy atom. The Morgan fingerprint density at radius 1 is 0.893 bits per heavy atom. The van der Waals surface area contributed by atoms with E-state index in [1.807, 2.05) is 0 Å². The van der Waals surface area contributed by atoms with Crippen LogP contribution in [0.4, 0.5) is 0 Å². The first-order chi connectivity index (χ1) is 13.6. The SMILES string of the molecule is C=C[C@@H](C#CC#C[C@H](O)CCCCCCCCCCCCCCC)OC(C)=O. The van der Waals surface area contributed by atoms with Gasteiger partial charge in [0.1, 0.15) is 6.10 Å². The summed E-state index contributed by atoms with van der Waals surface area (Å²) in [6.45, 7) is 7.13. The maximum Gasteiger partial charge on any atom is 0.304 e. The number of hydrogen-bond donors (Lipinski definition) is 1. The molecule has 0 heterocycles. The highest BCUT2D eigenvalue weighted by Gasteiger charge is 2.02. The predicted molar refractivity (Wildman–Crippen MR) is 118 cm³/mol. The Morgan fingerprint density at radius 3 is 1.82 bits per heavy atom. The van der Waals surface area contributed by atoms with Gasteiger partial charge in [-0.1, -0.05) is 96.5 Å². The van der Waals surface area contributed by atoms with Crippen LogP contribution in [0.25, 0.3) is 0 Å². The molecule has 0 unspecified atom stereocenters. The lowest BCUT2D eigenvalue weighted by Crippen LogP contribution is -2.10. The fourth-order valence-electron chi connectivity index (χ4n) is 2.97. The van der Waals surface area contributed by atoms with Crippen molar-refractivity contribution in [2.24, 2.45) is 0 Å². The fraction of sp³-hybridized carbons (Fsp3) is 0.720. The first kappa shape index (κ1) is 26.3. The maximum absolute atomic E-state index is 10.8. The molecule has 0 aromatic carbocycles. The first-order valence-corrected chi connectivity index (χ1v) is 11.1. The van der Waals surface area contributed by atoms with Crippen molar-refractivity contribution < 1.29 is 14.6 Å². The number of esters is 1. The van der Waals surface area contributed by atoms with Gasteiger partial charge in [-0.05, 0) is 36.7 Å². The lowest BCUT2D eigenvalue weighted by Gasteiger charge is -2.04. The maximum atomic E-state index is 10.8. The second kappa shape index (κ2) is 20.0. The van der Waals surface area contributed by atoms with E-state index in [0.717, 1.165) is 12.8 Å². The molecule has 0 aliphatic carbocycles. The fourth-order valence-corrected chi connectivity index (χ4v) is 2.97. The zero-order chi connectivity index (χ0) is 20.9. The molecule has 0 bridgehead atoms. The smallest absolute Gasteiger partial charge is 0.304 e. The van der Waals surface area contributed by atoms with E-state index in [1.54, 1.807) is 0 Å². The van der Waals surface area contributed by atoms with Crippen molar-refractivity contribution in [2.75, 3.05) is 0 Å². The van der Waals surface area contributed by atoms with Gasteiger partial charge in [0.25, 0.3) is 0 Å². The van der Waals surface area contributed by atoms with Crippen molar-refractivity contribution in [3.05, 3.63) is 12.7 Å². The monoisotopic (exact) mass is 388 g/mol. The highest BCUT2D eigenvalue weighted by molar-refractivity contribution is 5.66. The normalized spacial score (nSPS) is 12.1. The lowest BCUT2D eigenvalue weighted by atomic mass is 10.0. The van der Waals surface area contributed by atoms with Gasteiger partial charge < -0.3 is 9.84 Å². The van der Waals surface area contributed by atoms with Crippen LogP contribution in [-0.2, 0) is 9.53 Å². The van der Waals surface area contributed by atoms with Crippen molar-refractivity contribution >= 4 is 5.97 Å². The summed E-state index contributed by atoms with van der Waals surface area (Å²) < 4.78 is 4.90. The van der Waals surface area contributed by atoms with Crippen molar-refractivity contribution in [1.29, 1.82) is 0 Å². The molecule has 0 saturated heterocycles. The molecule has 28 heavy (non-hydrogen) atoms. The molecule has 158 valence electrons. The van der Waals surface area contributed by atoms with Crippen LogP contribution >= 0.6 is 0 Å². The van der Waals surface area contributed by atoms with Crippen LogP contribution in [-0.4, -0.2) is 23.3 Å². The van der Waals surface area contributed by atoms with Gasteiger partial charge in [0.05, 0.1) is 0 Å². The molecule has 0 aromatic heterocycles. The lowest BCUT2D eigenvalue weighted by molar-refractivity contribution is -0.142. The molecule has 1 N–H and O–H groups in total. The van der Waals surface area contributed by atoms with Crippen LogP contribution in [0.3, 0.4) is 0 Å². The van der Waals surface area contributed by atoms with Gasteiger partial charge in [-0.2, -0.15) is 0 Å². The van der Waals surface area contributed by atoms with E-state index in [-0.39, 0.29) is 0 Å². The Kier molecular flexibility index (Phi) is 18.8. The number of hydrogen-bond acceptors (Lipinski definition) is 3. The predicted octanol–water partition coefficient (Wildman–Crippen LogP) is 5.95. The second-order valence-electron chi connectivity index (χ2n) is 7.35. The number of carbonyl (C=O) groups is 1. The topological polar surface area (TPSA) is 46.5 Å². The average Bonchev–Trinajstić information content (AvgIpc) is 2.67. The second-order valence-corrected chi connectivity index (χ2v) is 7.35. The molecule has 0 rings (SSSR count). The molecule has 0 aromatic rings. The quantitative estimate of drug-likeness (QED) is 0.154. The summed E-state index contributed by atoms with van der Waals surface area (Å²) in [4.78, 5) is 10.8. The molecule has 0 saturated carbocycles. The Labute approximate surface area is 173 Å². The van der Waals surface area contributed by atoms with Crippen molar-refractivity contribution in [3.63, 3.8) is 0 Å². The van der Waals surface area contributed by atoms with Crippen molar-refractivity contribution in [3.8, 4) is 23.7 Å². The van der Waals surface area contributed by atoms with Crippen LogP contribution in [0.5, 0.6) is 0 Å². The molecule has 2 atom stereocenters. The molecule has 0 fully saturated rings. The van der Waals surface area contributed by atoms with E-state index in [4.69, 9.17) is 4.74 Å². The third-order valence-electron chi connectivity index (χ3n) is 4.60. The van der Waals surface area contributed by atoms with Crippen molar-refractivity contribution in [2.45, 2.75) is 116 Å². The summed E-state index contributed by atoms with van der Waals surface area (Å²) in [7, 11) is 0. The molecule has 0 amide bonds. The highest BCUT2D eigenvalue weighted by atomic mass is 16.5. The highest BCUT2D eigenvalue weighted by Crippen LogP contribution is 2.13. The minimum absolute atomic E-state index is 0.408. The first-order valence-electron chi connectivity index (χ1n) is 11.1.